The van der Waals surface area contributed by atoms with Gasteiger partial charge in [-0.15, -0.1) is 0 Å². The second-order valence-electron chi connectivity index (χ2n) is 4.52. The van der Waals surface area contributed by atoms with Crippen molar-refractivity contribution in [1.82, 2.24) is 4.72 Å². The molecule has 0 spiro atoms. The molecule has 10 heteroatoms. The van der Waals surface area contributed by atoms with Crippen LogP contribution >= 0.6 is 11.6 Å². The predicted molar refractivity (Wildman–Crippen MR) is 79.4 cm³/mol. The summed E-state index contributed by atoms with van der Waals surface area (Å²) in [6.07, 6.45) is 1.26. The number of nitrogens with one attached hydrogen (secondary N) is 1. The van der Waals surface area contributed by atoms with Gasteiger partial charge in [0.05, 0.1) is 4.92 Å². The van der Waals surface area contributed by atoms with Crippen LogP contribution in [0.2, 0.25) is 5.02 Å². The van der Waals surface area contributed by atoms with Crippen LogP contribution in [0.5, 0.6) is 0 Å². The summed E-state index contributed by atoms with van der Waals surface area (Å²) in [4.78, 5) is 20.5. The maximum Gasteiger partial charge on any atom is 0.321 e. The number of carboxylic acids is 1. The van der Waals surface area contributed by atoms with Gasteiger partial charge in [0.2, 0.25) is 10.0 Å². The minimum atomic E-state index is -4.39. The number of nitrogens with zero attached hydrogens (tertiary/aromatic N) is 1. The van der Waals surface area contributed by atoms with Crippen molar-refractivity contribution in [2.24, 2.45) is 0 Å². The number of nitro benzene ring substituents is 1. The maximum atomic E-state index is 12.3. The van der Waals surface area contributed by atoms with E-state index in [2.05, 4.69) is 0 Å². The lowest BCUT2D eigenvalue weighted by atomic mass is 10.1. The van der Waals surface area contributed by atoms with Crippen molar-refractivity contribution >= 4 is 33.3 Å². The van der Waals surface area contributed by atoms with Gasteiger partial charge < -0.3 is 5.11 Å². The largest absolute Gasteiger partial charge is 0.480 e. The van der Waals surface area contributed by atoms with E-state index >= 15 is 0 Å². The van der Waals surface area contributed by atoms with Crippen LogP contribution in [0.1, 0.15) is 26.2 Å². The van der Waals surface area contributed by atoms with E-state index < -0.39 is 37.5 Å². The maximum absolute atomic E-state index is 12.3. The molecule has 0 aliphatic carbocycles. The first kappa shape index (κ1) is 18.3. The van der Waals surface area contributed by atoms with E-state index in [0.29, 0.717) is 12.8 Å². The van der Waals surface area contributed by atoms with Crippen LogP contribution in [-0.4, -0.2) is 30.5 Å². The average Bonchev–Trinajstić information content (AvgIpc) is 2.42. The lowest BCUT2D eigenvalue weighted by molar-refractivity contribution is -0.387. The Hall–Kier alpha value is -1.71. The van der Waals surface area contributed by atoms with Crippen molar-refractivity contribution in [2.45, 2.75) is 37.1 Å². The number of unbranched alkanes of at least 4 members (excludes halogenated alkanes) is 1. The Morgan fingerprint density at radius 1 is 1.50 bits per heavy atom. The smallest absolute Gasteiger partial charge is 0.321 e. The molecule has 122 valence electrons. The van der Waals surface area contributed by atoms with E-state index in [0.717, 1.165) is 12.1 Å². The van der Waals surface area contributed by atoms with E-state index in [9.17, 15) is 23.3 Å². The van der Waals surface area contributed by atoms with Crippen molar-refractivity contribution in [1.29, 1.82) is 0 Å². The molecule has 0 aromatic heterocycles. The number of hydrogen-bond donors (Lipinski definition) is 2. The molecule has 0 radical (unpaired) electrons. The summed E-state index contributed by atoms with van der Waals surface area (Å²) in [6, 6.07) is 1.70. The molecule has 0 saturated heterocycles. The highest BCUT2D eigenvalue weighted by Crippen LogP contribution is 2.27. The number of hydrogen-bond acceptors (Lipinski definition) is 5. The van der Waals surface area contributed by atoms with E-state index in [1.807, 2.05) is 11.6 Å². The molecule has 0 aliphatic heterocycles. The van der Waals surface area contributed by atoms with Crippen LogP contribution in [0.25, 0.3) is 0 Å². The first-order chi connectivity index (χ1) is 10.2. The lowest BCUT2D eigenvalue weighted by Gasteiger charge is -2.14. The molecule has 1 aromatic carbocycles. The molecule has 0 aliphatic rings. The third-order valence-electron chi connectivity index (χ3n) is 2.85. The molecule has 1 rings (SSSR count). The predicted octanol–water partition coefficient (Wildman–Crippen LogP) is 2.17. The van der Waals surface area contributed by atoms with Gasteiger partial charge in [0.1, 0.15) is 6.04 Å². The molecule has 0 heterocycles. The highest BCUT2D eigenvalue weighted by Gasteiger charge is 2.30. The zero-order valence-electron chi connectivity index (χ0n) is 11.7. The Kier molecular flexibility index (Phi) is 6.27. The minimum Gasteiger partial charge on any atom is -0.480 e. The molecular weight excluding hydrogens is 336 g/mol. The topological polar surface area (TPSA) is 127 Å². The monoisotopic (exact) mass is 350 g/mol. The second kappa shape index (κ2) is 7.52. The van der Waals surface area contributed by atoms with Gasteiger partial charge in [-0.3, -0.25) is 14.9 Å². The van der Waals surface area contributed by atoms with Crippen LogP contribution in [-0.2, 0) is 14.8 Å². The normalized spacial score (nSPS) is 12.8. The van der Waals surface area contributed by atoms with Crippen LogP contribution in [0.4, 0.5) is 5.69 Å². The molecule has 1 aromatic rings. The van der Waals surface area contributed by atoms with E-state index in [1.165, 1.54) is 6.07 Å². The molecule has 0 saturated carbocycles. The molecule has 0 bridgehead atoms. The standard InChI is InChI=1S/C12H15ClN2O6S/c1-2-3-4-9(12(16)17)14-22(20,21)11-7-8(13)5-6-10(11)15(18)19/h5-7,9,14H,2-4H2,1H3,(H,16,17). The summed E-state index contributed by atoms with van der Waals surface area (Å²) in [6.45, 7) is 1.83. The van der Waals surface area contributed by atoms with E-state index in [-0.39, 0.29) is 11.4 Å². The van der Waals surface area contributed by atoms with Crippen molar-refractivity contribution in [3.8, 4) is 0 Å². The summed E-state index contributed by atoms with van der Waals surface area (Å²) in [7, 11) is -4.39. The average molecular weight is 351 g/mol. The van der Waals surface area contributed by atoms with E-state index in [1.54, 1.807) is 0 Å². The quantitative estimate of drug-likeness (QED) is 0.546. The Labute approximate surface area is 132 Å². The van der Waals surface area contributed by atoms with Crippen molar-refractivity contribution in [2.75, 3.05) is 0 Å². The van der Waals surface area contributed by atoms with Gasteiger partial charge in [-0.2, -0.15) is 4.72 Å². The zero-order valence-corrected chi connectivity index (χ0v) is 13.2. The fourth-order valence-corrected chi connectivity index (χ4v) is 3.40. The van der Waals surface area contributed by atoms with Gasteiger partial charge in [-0.05, 0) is 18.6 Å². The first-order valence-corrected chi connectivity index (χ1v) is 8.24. The molecule has 0 fully saturated rings. The van der Waals surface area contributed by atoms with E-state index in [4.69, 9.17) is 16.7 Å². The van der Waals surface area contributed by atoms with Crippen molar-refractivity contribution in [3.05, 3.63) is 33.3 Å². The van der Waals surface area contributed by atoms with Gasteiger partial charge in [-0.25, -0.2) is 8.42 Å². The van der Waals surface area contributed by atoms with Gasteiger partial charge in [0, 0.05) is 11.1 Å². The van der Waals surface area contributed by atoms with Crippen LogP contribution in [0, 0.1) is 10.1 Å². The molecule has 1 atom stereocenters. The van der Waals surface area contributed by atoms with Crippen LogP contribution in [0.3, 0.4) is 0 Å². The first-order valence-electron chi connectivity index (χ1n) is 6.38. The number of aliphatic carboxylic acids is 1. The molecule has 1 unspecified atom stereocenters. The summed E-state index contributed by atoms with van der Waals surface area (Å²) in [5, 5.41) is 20.0. The Bertz CT molecular complexity index is 676. The molecular formula is C12H15ClN2O6S. The third kappa shape index (κ3) is 4.65. The number of carboxylic acid groups (broad SMARTS) is 1. The lowest BCUT2D eigenvalue weighted by Crippen LogP contribution is -2.40. The number of rotatable bonds is 8. The number of sulfonamides is 1. The van der Waals surface area contributed by atoms with Gasteiger partial charge in [0.15, 0.2) is 4.90 Å². The summed E-state index contributed by atoms with van der Waals surface area (Å²) in [5.74, 6) is -1.35. The Morgan fingerprint density at radius 2 is 2.14 bits per heavy atom. The van der Waals surface area contributed by atoms with Gasteiger partial charge in [-0.1, -0.05) is 31.4 Å². The highest BCUT2D eigenvalue weighted by atomic mass is 35.5. The van der Waals surface area contributed by atoms with Crippen LogP contribution in [0.15, 0.2) is 23.1 Å². The fourth-order valence-electron chi connectivity index (χ4n) is 1.75. The summed E-state index contributed by atoms with van der Waals surface area (Å²) < 4.78 is 26.5. The van der Waals surface area contributed by atoms with Crippen LogP contribution < -0.4 is 4.72 Å². The summed E-state index contributed by atoms with van der Waals surface area (Å²) >= 11 is 5.68. The van der Waals surface area contributed by atoms with Gasteiger partial charge in [0.25, 0.3) is 5.69 Å². The number of nitro groups is 1. The fraction of sp³-hybridized carbons (Fsp3) is 0.417. The Morgan fingerprint density at radius 3 is 2.64 bits per heavy atom. The number of benzene rings is 1. The van der Waals surface area contributed by atoms with Crippen molar-refractivity contribution < 1.29 is 23.2 Å². The molecule has 0 amide bonds. The number of halogens is 1. The molecule has 22 heavy (non-hydrogen) atoms. The number of carbonyl (C=O) groups is 1. The molecule has 8 nitrogen and oxygen atoms in total. The highest BCUT2D eigenvalue weighted by molar-refractivity contribution is 7.89. The molecule has 2 N–H and O–H groups in total. The second-order valence-corrected chi connectivity index (χ2v) is 6.64. The zero-order chi connectivity index (χ0) is 16.9. The Balaban J connectivity index is 3.20. The minimum absolute atomic E-state index is 0.00796. The van der Waals surface area contributed by atoms with Gasteiger partial charge >= 0.3 is 5.97 Å². The SMILES string of the molecule is CCCCC(NS(=O)(=O)c1cc(Cl)ccc1[N+](=O)[O-])C(=O)O. The third-order valence-corrected chi connectivity index (χ3v) is 4.59. The summed E-state index contributed by atoms with van der Waals surface area (Å²) in [5.41, 5.74) is -0.670. The van der Waals surface area contributed by atoms with Crippen molar-refractivity contribution in [3.63, 3.8) is 0 Å².